The number of amides is 5. The molecule has 45 heavy (non-hydrogen) atoms. The SMILES string of the molecule is C=CCNC(=O)C(=O)C(CCCC)NC(=O)[C@@H]1[C@@H]2[C@H](CN1C(=O)[C@@H](NC(=O)N[C@H](C(=O)O)C(C)(C)C)C1CCCCC1)C2(C)C. The molecule has 5 amide bonds. The molecule has 0 spiro atoms. The summed E-state index contributed by atoms with van der Waals surface area (Å²) in [6.45, 7) is 15.2. The molecule has 1 unspecified atom stereocenters. The number of carboxylic acids is 1. The number of aliphatic carboxylic acids is 1. The number of piperidine rings is 1. The van der Waals surface area contributed by atoms with Gasteiger partial charge in [0.15, 0.2) is 0 Å². The lowest BCUT2D eigenvalue weighted by atomic mass is 9.83. The normalized spacial score (nSPS) is 24.3. The molecule has 2 aliphatic carbocycles. The number of Topliss-reactive ketones (excluding diaryl/α,β-unsaturated/α-hetero) is 1. The zero-order valence-electron chi connectivity index (χ0n) is 27.7. The number of unbranched alkanes of at least 4 members (excludes halogenated alkanes) is 1. The Balaban J connectivity index is 1.87. The summed E-state index contributed by atoms with van der Waals surface area (Å²) in [4.78, 5) is 80.5. The summed E-state index contributed by atoms with van der Waals surface area (Å²) in [6.07, 6.45) is 7.37. The number of rotatable bonds is 14. The van der Waals surface area contributed by atoms with Gasteiger partial charge in [-0.1, -0.05) is 79.7 Å². The van der Waals surface area contributed by atoms with Crippen LogP contribution in [0.2, 0.25) is 0 Å². The van der Waals surface area contributed by atoms with Crippen LogP contribution >= 0.6 is 0 Å². The Labute approximate surface area is 266 Å². The van der Waals surface area contributed by atoms with Crippen LogP contribution in [-0.4, -0.2) is 82.8 Å². The van der Waals surface area contributed by atoms with Crippen LogP contribution < -0.4 is 21.3 Å². The Hall–Kier alpha value is -3.44. The molecule has 0 aromatic carbocycles. The first-order valence-corrected chi connectivity index (χ1v) is 16.4. The monoisotopic (exact) mass is 631 g/mol. The van der Waals surface area contributed by atoms with Gasteiger partial charge in [0.1, 0.15) is 18.1 Å². The molecule has 1 saturated heterocycles. The van der Waals surface area contributed by atoms with Crippen molar-refractivity contribution in [3.63, 3.8) is 0 Å². The maximum absolute atomic E-state index is 14.4. The summed E-state index contributed by atoms with van der Waals surface area (Å²) in [5.74, 6) is -3.85. The van der Waals surface area contributed by atoms with Gasteiger partial charge >= 0.3 is 12.0 Å². The first-order valence-electron chi connectivity index (χ1n) is 16.4. The minimum absolute atomic E-state index is 0.0657. The number of nitrogens with zero attached hydrogens (tertiary/aromatic N) is 1. The van der Waals surface area contributed by atoms with E-state index >= 15 is 0 Å². The number of likely N-dealkylation sites (tertiary alicyclic amines) is 1. The van der Waals surface area contributed by atoms with Crippen molar-refractivity contribution in [2.24, 2.45) is 28.6 Å². The molecule has 1 aliphatic heterocycles. The summed E-state index contributed by atoms with van der Waals surface area (Å²) < 4.78 is 0. The third-order valence-corrected chi connectivity index (χ3v) is 9.93. The van der Waals surface area contributed by atoms with Gasteiger partial charge < -0.3 is 31.3 Å². The van der Waals surface area contributed by atoms with Gasteiger partial charge in [-0.15, -0.1) is 6.58 Å². The van der Waals surface area contributed by atoms with Crippen molar-refractivity contribution in [3.8, 4) is 0 Å². The quantitative estimate of drug-likeness (QED) is 0.145. The molecule has 5 N–H and O–H groups in total. The maximum Gasteiger partial charge on any atom is 0.326 e. The number of fused-ring (bicyclic) bond motifs is 1. The Kier molecular flexibility index (Phi) is 11.8. The van der Waals surface area contributed by atoms with Crippen molar-refractivity contribution in [1.82, 2.24) is 26.2 Å². The molecule has 3 aliphatic rings. The number of carbonyl (C=O) groups is 6. The Morgan fingerprint density at radius 1 is 1.02 bits per heavy atom. The van der Waals surface area contributed by atoms with Crippen LogP contribution in [-0.2, 0) is 24.0 Å². The molecule has 2 saturated carbocycles. The lowest BCUT2D eigenvalue weighted by Crippen LogP contribution is -2.61. The number of carboxylic acid groups (broad SMARTS) is 1. The van der Waals surface area contributed by atoms with E-state index in [-0.39, 0.29) is 42.0 Å². The second-order valence-electron chi connectivity index (χ2n) is 14.6. The fraction of sp³-hybridized carbons (Fsp3) is 0.758. The molecular formula is C33H53N5O7. The molecule has 6 atom stereocenters. The molecule has 0 bridgehead atoms. The second-order valence-corrected chi connectivity index (χ2v) is 14.6. The third kappa shape index (κ3) is 8.43. The topological polar surface area (TPSA) is 174 Å². The standard InChI is InChI=1S/C33H53N5O7/c1-8-10-16-21(25(39)28(41)34-17-9-2)35-27(40)24-22-20(33(22,6)7)18-38(24)29(42)23(19-14-12-11-13-15-19)36-31(45)37-26(30(43)44)32(3,4)5/h9,19-24,26H,2,8,10-18H2,1,3-7H3,(H,34,41)(H,35,40)(H,43,44)(H2,36,37,45)/t20-,21?,22-,23-,24-,26+/m0/s1. The van der Waals surface area contributed by atoms with E-state index in [2.05, 4.69) is 41.7 Å². The molecule has 3 fully saturated rings. The number of hydrogen-bond donors (Lipinski definition) is 5. The highest BCUT2D eigenvalue weighted by Crippen LogP contribution is 2.65. The average Bonchev–Trinajstić information content (AvgIpc) is 3.29. The van der Waals surface area contributed by atoms with Gasteiger partial charge in [-0.3, -0.25) is 19.2 Å². The predicted octanol–water partition coefficient (Wildman–Crippen LogP) is 2.76. The zero-order valence-corrected chi connectivity index (χ0v) is 27.7. The maximum atomic E-state index is 14.4. The predicted molar refractivity (Wildman–Crippen MR) is 169 cm³/mol. The molecule has 3 rings (SSSR count). The van der Waals surface area contributed by atoms with Crippen molar-refractivity contribution in [1.29, 1.82) is 0 Å². The van der Waals surface area contributed by atoms with Gasteiger partial charge in [0.2, 0.25) is 17.6 Å². The number of carbonyl (C=O) groups excluding carboxylic acids is 5. The van der Waals surface area contributed by atoms with Gasteiger partial charge in [0, 0.05) is 13.1 Å². The summed E-state index contributed by atoms with van der Waals surface area (Å²) in [6, 6.07) is -4.79. The van der Waals surface area contributed by atoms with Gasteiger partial charge in [-0.05, 0) is 47.8 Å². The van der Waals surface area contributed by atoms with Crippen molar-refractivity contribution >= 4 is 35.5 Å². The molecular weight excluding hydrogens is 578 g/mol. The van der Waals surface area contributed by atoms with E-state index in [9.17, 15) is 33.9 Å². The highest BCUT2D eigenvalue weighted by Gasteiger charge is 2.69. The zero-order chi connectivity index (χ0) is 33.7. The van der Waals surface area contributed by atoms with Gasteiger partial charge in [0.05, 0.1) is 6.04 Å². The minimum atomic E-state index is -1.18. The van der Waals surface area contributed by atoms with Gasteiger partial charge in [-0.2, -0.15) is 0 Å². The van der Waals surface area contributed by atoms with Crippen LogP contribution in [0.15, 0.2) is 12.7 Å². The summed E-state index contributed by atoms with van der Waals surface area (Å²) in [7, 11) is 0. The highest BCUT2D eigenvalue weighted by molar-refractivity contribution is 6.38. The second kappa shape index (κ2) is 14.8. The Morgan fingerprint density at radius 2 is 1.67 bits per heavy atom. The van der Waals surface area contributed by atoms with Gasteiger partial charge in [0.25, 0.3) is 5.91 Å². The van der Waals surface area contributed by atoms with Crippen LogP contribution in [0.1, 0.15) is 92.9 Å². The smallest absolute Gasteiger partial charge is 0.326 e. The molecule has 0 aromatic heterocycles. The van der Waals surface area contributed by atoms with E-state index in [4.69, 9.17) is 0 Å². The van der Waals surface area contributed by atoms with Crippen LogP contribution in [0.25, 0.3) is 0 Å². The molecule has 1 heterocycles. The van der Waals surface area contributed by atoms with Crippen LogP contribution in [0, 0.1) is 28.6 Å². The Bertz CT molecular complexity index is 1160. The van der Waals surface area contributed by atoms with E-state index in [0.717, 1.165) is 38.5 Å². The first kappa shape index (κ1) is 36.0. The average molecular weight is 632 g/mol. The third-order valence-electron chi connectivity index (χ3n) is 9.93. The van der Waals surface area contributed by atoms with Crippen molar-refractivity contribution < 1.29 is 33.9 Å². The molecule has 0 radical (unpaired) electrons. The van der Waals surface area contributed by atoms with Crippen LogP contribution in [0.5, 0.6) is 0 Å². The number of nitrogens with one attached hydrogen (secondary N) is 4. The number of urea groups is 1. The summed E-state index contributed by atoms with van der Waals surface area (Å²) >= 11 is 0. The molecule has 0 aromatic rings. The fourth-order valence-electron chi connectivity index (χ4n) is 7.15. The fourth-order valence-corrected chi connectivity index (χ4v) is 7.15. The van der Waals surface area contributed by atoms with Crippen LogP contribution in [0.3, 0.4) is 0 Å². The summed E-state index contributed by atoms with van der Waals surface area (Å²) in [5, 5.41) is 20.4. The van der Waals surface area contributed by atoms with Gasteiger partial charge in [-0.25, -0.2) is 9.59 Å². The highest BCUT2D eigenvalue weighted by atomic mass is 16.4. The molecule has 252 valence electrons. The number of hydrogen-bond acceptors (Lipinski definition) is 6. The van der Waals surface area contributed by atoms with E-state index in [1.807, 2.05) is 6.92 Å². The van der Waals surface area contributed by atoms with Crippen LogP contribution in [0.4, 0.5) is 4.79 Å². The summed E-state index contributed by atoms with van der Waals surface area (Å²) in [5.41, 5.74) is -0.970. The molecule has 12 nitrogen and oxygen atoms in total. The lowest BCUT2D eigenvalue weighted by Gasteiger charge is -2.37. The molecule has 12 heteroatoms. The van der Waals surface area contributed by atoms with E-state index in [0.29, 0.717) is 13.0 Å². The van der Waals surface area contributed by atoms with E-state index in [1.165, 1.54) is 11.0 Å². The van der Waals surface area contributed by atoms with Crippen molar-refractivity contribution in [2.45, 2.75) is 117 Å². The Morgan fingerprint density at radius 3 is 2.22 bits per heavy atom. The first-order chi connectivity index (χ1) is 21.1. The lowest BCUT2D eigenvalue weighted by molar-refractivity contribution is -0.144. The minimum Gasteiger partial charge on any atom is -0.480 e. The van der Waals surface area contributed by atoms with E-state index < -0.39 is 59.2 Å². The number of ketones is 1. The van der Waals surface area contributed by atoms with Crippen molar-refractivity contribution in [3.05, 3.63) is 12.7 Å². The largest absolute Gasteiger partial charge is 0.480 e. The van der Waals surface area contributed by atoms with E-state index in [1.54, 1.807) is 20.8 Å². The van der Waals surface area contributed by atoms with Crippen molar-refractivity contribution in [2.75, 3.05) is 13.1 Å².